The molecule has 0 aromatic heterocycles. The molecule has 0 bridgehead atoms. The molecule has 1 rings (SSSR count). The molecule has 1 aromatic carbocycles. The summed E-state index contributed by atoms with van der Waals surface area (Å²) in [5, 5.41) is 2.14. The van der Waals surface area contributed by atoms with Gasteiger partial charge >= 0.3 is 0 Å². The Bertz CT molecular complexity index is 667. The number of hydrogen-bond acceptors (Lipinski definition) is 3. The van der Waals surface area contributed by atoms with Gasteiger partial charge in [0.1, 0.15) is 29.1 Å². The Balaban J connectivity index is 2.81. The molecule has 26 heavy (non-hydrogen) atoms. The maximum Gasteiger partial charge on any atom is 0.257 e. The van der Waals surface area contributed by atoms with E-state index in [-0.39, 0.29) is 18.1 Å². The van der Waals surface area contributed by atoms with Gasteiger partial charge in [0, 0.05) is 18.7 Å². The van der Waals surface area contributed by atoms with E-state index in [4.69, 9.17) is 10.2 Å². The van der Waals surface area contributed by atoms with Gasteiger partial charge in [0.15, 0.2) is 8.32 Å². The molecule has 0 unspecified atom stereocenters. The van der Waals surface area contributed by atoms with Crippen LogP contribution in [0.15, 0.2) is 12.1 Å². The first-order valence-corrected chi connectivity index (χ1v) is 11.1. The fraction of sp³-hybridized carbons (Fsp3) is 0.529. The molecule has 0 aliphatic carbocycles. The molecule has 146 valence electrons. The number of rotatable bonds is 7. The van der Waals surface area contributed by atoms with Crippen LogP contribution in [-0.4, -0.2) is 32.8 Å². The third kappa shape index (κ3) is 5.57. The number of carbonyl (C=O) groups excluding carboxylic acids is 2. The molecule has 5 nitrogen and oxygen atoms in total. The SMILES string of the molecule is CC(C)(C)[Si](C)(C)OCC[C@@H](NC(=O)c1c(F)cc(F)cc1F)C(N)=O. The van der Waals surface area contributed by atoms with E-state index in [1.807, 2.05) is 33.9 Å². The summed E-state index contributed by atoms with van der Waals surface area (Å²) in [6, 6.07) is -0.397. The lowest BCUT2D eigenvalue weighted by Gasteiger charge is -2.36. The maximum atomic E-state index is 13.7. The molecule has 0 heterocycles. The number of amides is 2. The average molecular weight is 390 g/mol. The highest BCUT2D eigenvalue weighted by Gasteiger charge is 2.37. The fourth-order valence-electron chi connectivity index (χ4n) is 1.92. The zero-order valence-corrected chi connectivity index (χ0v) is 16.6. The van der Waals surface area contributed by atoms with E-state index >= 15 is 0 Å². The summed E-state index contributed by atoms with van der Waals surface area (Å²) in [5.74, 6) is -5.91. The first-order chi connectivity index (χ1) is 11.8. The fourth-order valence-corrected chi connectivity index (χ4v) is 2.98. The van der Waals surface area contributed by atoms with Gasteiger partial charge in [0.25, 0.3) is 5.91 Å². The zero-order valence-electron chi connectivity index (χ0n) is 15.6. The van der Waals surface area contributed by atoms with Crippen molar-refractivity contribution >= 4 is 20.1 Å². The summed E-state index contributed by atoms with van der Waals surface area (Å²) in [6.07, 6.45) is 0.0536. The van der Waals surface area contributed by atoms with Crippen LogP contribution in [0.5, 0.6) is 0 Å². The topological polar surface area (TPSA) is 81.4 Å². The first-order valence-electron chi connectivity index (χ1n) is 8.15. The Hall–Kier alpha value is -1.87. The highest BCUT2D eigenvalue weighted by Crippen LogP contribution is 2.36. The second-order valence-corrected chi connectivity index (χ2v) is 12.4. The van der Waals surface area contributed by atoms with E-state index in [9.17, 15) is 22.8 Å². The Kier molecular flexibility index (Phi) is 7.00. The van der Waals surface area contributed by atoms with Gasteiger partial charge in [0.2, 0.25) is 5.91 Å². The Morgan fingerprint density at radius 3 is 2.12 bits per heavy atom. The smallest absolute Gasteiger partial charge is 0.257 e. The van der Waals surface area contributed by atoms with Crippen LogP contribution in [0.3, 0.4) is 0 Å². The van der Waals surface area contributed by atoms with Crippen LogP contribution in [0.25, 0.3) is 0 Å². The van der Waals surface area contributed by atoms with Gasteiger partial charge in [-0.3, -0.25) is 9.59 Å². The van der Waals surface area contributed by atoms with E-state index in [1.54, 1.807) is 0 Å². The van der Waals surface area contributed by atoms with E-state index in [0.717, 1.165) is 0 Å². The van der Waals surface area contributed by atoms with Crippen LogP contribution in [0.1, 0.15) is 37.6 Å². The largest absolute Gasteiger partial charge is 0.417 e. The molecule has 3 N–H and O–H groups in total. The summed E-state index contributed by atoms with van der Waals surface area (Å²) in [7, 11) is -2.06. The molecule has 9 heteroatoms. The minimum absolute atomic E-state index is 0.0428. The molecule has 0 saturated heterocycles. The molecule has 1 atom stereocenters. The van der Waals surface area contributed by atoms with Crippen molar-refractivity contribution in [3.05, 3.63) is 35.1 Å². The molecule has 0 radical (unpaired) electrons. The number of nitrogens with one attached hydrogen (secondary N) is 1. The van der Waals surface area contributed by atoms with Crippen LogP contribution >= 0.6 is 0 Å². The number of primary amides is 1. The van der Waals surface area contributed by atoms with Crippen molar-refractivity contribution in [1.82, 2.24) is 5.32 Å². The predicted molar refractivity (Wildman–Crippen MR) is 94.5 cm³/mol. The minimum Gasteiger partial charge on any atom is -0.417 e. The van der Waals surface area contributed by atoms with Crippen LogP contribution in [0.4, 0.5) is 13.2 Å². The van der Waals surface area contributed by atoms with Gasteiger partial charge in [-0.05, 0) is 24.6 Å². The average Bonchev–Trinajstić information content (AvgIpc) is 2.43. The number of benzene rings is 1. The summed E-state index contributed by atoms with van der Waals surface area (Å²) < 4.78 is 46.2. The lowest BCUT2D eigenvalue weighted by molar-refractivity contribution is -0.120. The van der Waals surface area contributed by atoms with E-state index in [0.29, 0.717) is 12.1 Å². The summed E-state index contributed by atoms with van der Waals surface area (Å²) in [5.41, 5.74) is 4.28. The van der Waals surface area contributed by atoms with Gasteiger partial charge in [-0.15, -0.1) is 0 Å². The molecule has 0 spiro atoms. The first kappa shape index (κ1) is 22.2. The third-order valence-electron chi connectivity index (χ3n) is 4.56. The predicted octanol–water partition coefficient (Wildman–Crippen LogP) is 3.10. The number of hydrogen-bond donors (Lipinski definition) is 2. The van der Waals surface area contributed by atoms with Gasteiger partial charge in [-0.25, -0.2) is 13.2 Å². The second kappa shape index (κ2) is 8.21. The summed E-state index contributed by atoms with van der Waals surface area (Å²) in [6.45, 7) is 10.3. The molecule has 1 aromatic rings. The monoisotopic (exact) mass is 390 g/mol. The lowest BCUT2D eigenvalue weighted by atomic mass is 10.1. The van der Waals surface area contributed by atoms with Gasteiger partial charge in [-0.1, -0.05) is 20.8 Å². The van der Waals surface area contributed by atoms with Crippen LogP contribution in [-0.2, 0) is 9.22 Å². The molecule has 0 fully saturated rings. The van der Waals surface area contributed by atoms with Gasteiger partial charge < -0.3 is 15.5 Å². The molecule has 0 aliphatic rings. The highest BCUT2D eigenvalue weighted by molar-refractivity contribution is 6.74. The summed E-state index contributed by atoms with van der Waals surface area (Å²) >= 11 is 0. The van der Waals surface area contributed by atoms with Crippen molar-refractivity contribution in [1.29, 1.82) is 0 Å². The maximum absolute atomic E-state index is 13.7. The molecule has 2 amide bonds. The van der Waals surface area contributed by atoms with Crippen LogP contribution in [0, 0.1) is 17.5 Å². The Morgan fingerprint density at radius 1 is 1.19 bits per heavy atom. The molecular weight excluding hydrogens is 365 g/mol. The normalized spacial score (nSPS) is 13.4. The van der Waals surface area contributed by atoms with Gasteiger partial charge in [0.05, 0.1) is 0 Å². The van der Waals surface area contributed by atoms with Crippen molar-refractivity contribution in [3.8, 4) is 0 Å². The van der Waals surface area contributed by atoms with Crippen molar-refractivity contribution in [3.63, 3.8) is 0 Å². The molecule has 0 saturated carbocycles. The third-order valence-corrected chi connectivity index (χ3v) is 9.10. The minimum atomic E-state index is -2.06. The van der Waals surface area contributed by atoms with Crippen LogP contribution < -0.4 is 11.1 Å². The van der Waals surface area contributed by atoms with Crippen molar-refractivity contribution in [2.75, 3.05) is 6.61 Å². The Morgan fingerprint density at radius 2 is 1.69 bits per heavy atom. The quantitative estimate of drug-likeness (QED) is 0.702. The zero-order chi connectivity index (χ0) is 20.3. The highest BCUT2D eigenvalue weighted by atomic mass is 28.4. The Labute approximate surface area is 152 Å². The number of carbonyl (C=O) groups is 2. The van der Waals surface area contributed by atoms with Crippen molar-refractivity contribution in [2.45, 2.75) is 51.4 Å². The van der Waals surface area contributed by atoms with Crippen molar-refractivity contribution < 1.29 is 27.2 Å². The van der Waals surface area contributed by atoms with Gasteiger partial charge in [-0.2, -0.15) is 0 Å². The van der Waals surface area contributed by atoms with Crippen LogP contribution in [0.2, 0.25) is 18.1 Å². The van der Waals surface area contributed by atoms with E-state index in [2.05, 4.69) is 5.32 Å². The van der Waals surface area contributed by atoms with Crippen molar-refractivity contribution in [2.24, 2.45) is 5.73 Å². The summed E-state index contributed by atoms with van der Waals surface area (Å²) in [4.78, 5) is 23.6. The number of halogens is 3. The molecular formula is C17H25F3N2O3Si. The number of nitrogens with two attached hydrogens (primary N) is 1. The lowest BCUT2D eigenvalue weighted by Crippen LogP contribution is -2.47. The van der Waals surface area contributed by atoms with E-state index in [1.165, 1.54) is 0 Å². The van der Waals surface area contributed by atoms with E-state index < -0.39 is 49.2 Å². The second-order valence-electron chi connectivity index (χ2n) is 7.57. The molecule has 0 aliphatic heterocycles. The standard InChI is InChI=1S/C17H25F3N2O3Si/c1-17(2,3)26(4,5)25-7-6-13(15(21)23)22-16(24)14-11(19)8-10(18)9-12(14)20/h8-9,13H,6-7H2,1-5H3,(H2,21,23)(H,22,24)/t13-/m1/s1.